The average molecular weight is 196 g/mol. The maximum absolute atomic E-state index is 8.56. The molecule has 0 saturated carbocycles. The molecule has 0 bridgehead atoms. The summed E-state index contributed by atoms with van der Waals surface area (Å²) in [6.07, 6.45) is 3.19. The maximum Gasteiger partial charge on any atom is 0.0635 e. The second-order valence-electron chi connectivity index (χ2n) is 4.39. The number of rotatable bonds is 7. The lowest BCUT2D eigenvalue weighted by atomic mass is 10.0. The van der Waals surface area contributed by atoms with Crippen LogP contribution in [0.25, 0.3) is 0 Å². The van der Waals surface area contributed by atoms with Crippen LogP contribution < -0.4 is 0 Å². The fourth-order valence-electron chi connectivity index (χ4n) is 1.74. The largest absolute Gasteiger partial charge is 0.300 e. The van der Waals surface area contributed by atoms with Crippen LogP contribution in [0.2, 0.25) is 0 Å². The number of hydrogen-bond donors (Lipinski definition) is 0. The van der Waals surface area contributed by atoms with E-state index in [1.165, 1.54) is 12.8 Å². The molecule has 0 spiro atoms. The average Bonchev–Trinajstić information content (AvgIpc) is 2.12. The van der Waals surface area contributed by atoms with Gasteiger partial charge in [0.25, 0.3) is 0 Å². The normalized spacial score (nSPS) is 13.2. The van der Waals surface area contributed by atoms with Crippen molar-refractivity contribution in [1.29, 1.82) is 5.26 Å². The highest BCUT2D eigenvalue weighted by Gasteiger charge is 2.12. The summed E-state index contributed by atoms with van der Waals surface area (Å²) >= 11 is 0. The van der Waals surface area contributed by atoms with E-state index in [1.54, 1.807) is 0 Å². The van der Waals surface area contributed by atoms with Crippen LogP contribution in [-0.2, 0) is 0 Å². The van der Waals surface area contributed by atoms with E-state index in [0.29, 0.717) is 12.5 Å². The third-order valence-corrected chi connectivity index (χ3v) is 2.57. The van der Waals surface area contributed by atoms with Gasteiger partial charge >= 0.3 is 0 Å². The first-order valence-corrected chi connectivity index (χ1v) is 5.72. The lowest BCUT2D eigenvalue weighted by Gasteiger charge is -2.28. The number of nitriles is 1. The standard InChI is InChI=1S/C12H24N2/c1-5-7-12(4)10-14(11(2)3)9-6-8-13/h11-12H,5-7,9-10H2,1-4H3. The van der Waals surface area contributed by atoms with E-state index in [4.69, 9.17) is 5.26 Å². The van der Waals surface area contributed by atoms with E-state index in [9.17, 15) is 0 Å². The van der Waals surface area contributed by atoms with Gasteiger partial charge in [0.15, 0.2) is 0 Å². The minimum atomic E-state index is 0.558. The fourth-order valence-corrected chi connectivity index (χ4v) is 1.74. The molecule has 0 N–H and O–H groups in total. The molecule has 2 nitrogen and oxygen atoms in total. The maximum atomic E-state index is 8.56. The van der Waals surface area contributed by atoms with Crippen molar-refractivity contribution in [2.45, 2.75) is 53.0 Å². The minimum Gasteiger partial charge on any atom is -0.300 e. The molecule has 0 fully saturated rings. The fraction of sp³-hybridized carbons (Fsp3) is 0.917. The summed E-state index contributed by atoms with van der Waals surface area (Å²) in [7, 11) is 0. The van der Waals surface area contributed by atoms with Gasteiger partial charge in [-0.05, 0) is 26.2 Å². The van der Waals surface area contributed by atoms with Crippen LogP contribution >= 0.6 is 0 Å². The molecule has 1 atom stereocenters. The van der Waals surface area contributed by atoms with Crippen molar-refractivity contribution < 1.29 is 0 Å². The minimum absolute atomic E-state index is 0.558. The Labute approximate surface area is 88.9 Å². The molecule has 1 unspecified atom stereocenters. The van der Waals surface area contributed by atoms with Crippen molar-refractivity contribution in [3.8, 4) is 6.07 Å². The van der Waals surface area contributed by atoms with Crippen molar-refractivity contribution in [1.82, 2.24) is 4.90 Å². The molecule has 0 aromatic carbocycles. The van der Waals surface area contributed by atoms with Gasteiger partial charge in [0.2, 0.25) is 0 Å². The van der Waals surface area contributed by atoms with Crippen LogP contribution in [0, 0.1) is 17.2 Å². The van der Waals surface area contributed by atoms with E-state index in [2.05, 4.69) is 38.7 Å². The molecule has 0 saturated heterocycles. The summed E-state index contributed by atoms with van der Waals surface area (Å²) in [5.74, 6) is 0.751. The van der Waals surface area contributed by atoms with Crippen molar-refractivity contribution >= 4 is 0 Å². The van der Waals surface area contributed by atoms with Gasteiger partial charge in [-0.1, -0.05) is 20.3 Å². The van der Waals surface area contributed by atoms with Crippen molar-refractivity contribution in [2.75, 3.05) is 13.1 Å². The number of hydrogen-bond acceptors (Lipinski definition) is 2. The van der Waals surface area contributed by atoms with Crippen LogP contribution in [0.4, 0.5) is 0 Å². The smallest absolute Gasteiger partial charge is 0.0635 e. The summed E-state index contributed by atoms with van der Waals surface area (Å²) in [5.41, 5.74) is 0. The summed E-state index contributed by atoms with van der Waals surface area (Å²) in [6.45, 7) is 11.0. The Morgan fingerprint density at radius 3 is 2.36 bits per heavy atom. The Balaban J connectivity index is 3.90. The highest BCUT2D eigenvalue weighted by Crippen LogP contribution is 2.10. The molecule has 0 aliphatic heterocycles. The van der Waals surface area contributed by atoms with E-state index < -0.39 is 0 Å². The third kappa shape index (κ3) is 5.99. The zero-order valence-electron chi connectivity index (χ0n) is 10.1. The molecule has 0 aliphatic rings. The molecule has 0 amide bonds. The van der Waals surface area contributed by atoms with Gasteiger partial charge in [-0.15, -0.1) is 0 Å². The van der Waals surface area contributed by atoms with E-state index >= 15 is 0 Å². The van der Waals surface area contributed by atoms with Crippen LogP contribution in [0.1, 0.15) is 47.0 Å². The third-order valence-electron chi connectivity index (χ3n) is 2.57. The molecule has 0 aromatic rings. The zero-order chi connectivity index (χ0) is 11.0. The molecular formula is C12H24N2. The summed E-state index contributed by atoms with van der Waals surface area (Å²) in [4.78, 5) is 2.41. The zero-order valence-corrected chi connectivity index (χ0v) is 10.1. The molecule has 0 aliphatic carbocycles. The Bertz CT molecular complexity index is 170. The predicted molar refractivity (Wildman–Crippen MR) is 61.0 cm³/mol. The lowest BCUT2D eigenvalue weighted by molar-refractivity contribution is 0.192. The second kappa shape index (κ2) is 7.82. The Hall–Kier alpha value is -0.550. The van der Waals surface area contributed by atoms with Crippen LogP contribution in [0.15, 0.2) is 0 Å². The summed E-state index contributed by atoms with van der Waals surface area (Å²) in [6, 6.07) is 2.77. The Morgan fingerprint density at radius 1 is 1.29 bits per heavy atom. The molecule has 0 rings (SSSR count). The van der Waals surface area contributed by atoms with E-state index in [0.717, 1.165) is 19.0 Å². The van der Waals surface area contributed by atoms with Gasteiger partial charge in [-0.25, -0.2) is 0 Å². The highest BCUT2D eigenvalue weighted by atomic mass is 15.1. The van der Waals surface area contributed by atoms with Crippen LogP contribution in [0.3, 0.4) is 0 Å². The first-order valence-electron chi connectivity index (χ1n) is 5.72. The van der Waals surface area contributed by atoms with Crippen molar-refractivity contribution in [3.63, 3.8) is 0 Å². The van der Waals surface area contributed by atoms with Crippen molar-refractivity contribution in [2.24, 2.45) is 5.92 Å². The molecule has 14 heavy (non-hydrogen) atoms. The topological polar surface area (TPSA) is 27.0 Å². The number of nitrogens with zero attached hydrogens (tertiary/aromatic N) is 2. The van der Waals surface area contributed by atoms with Gasteiger partial charge < -0.3 is 0 Å². The molecule has 0 radical (unpaired) electrons. The Kier molecular flexibility index (Phi) is 7.51. The highest BCUT2D eigenvalue weighted by molar-refractivity contribution is 4.75. The molecular weight excluding hydrogens is 172 g/mol. The van der Waals surface area contributed by atoms with Gasteiger partial charge in [0.1, 0.15) is 0 Å². The van der Waals surface area contributed by atoms with Gasteiger partial charge in [-0.3, -0.25) is 4.90 Å². The first kappa shape index (κ1) is 13.4. The SMILES string of the molecule is CCCC(C)CN(CCC#N)C(C)C. The van der Waals surface area contributed by atoms with Gasteiger partial charge in [0.05, 0.1) is 6.07 Å². The van der Waals surface area contributed by atoms with Crippen LogP contribution in [0.5, 0.6) is 0 Å². The van der Waals surface area contributed by atoms with Gasteiger partial charge in [-0.2, -0.15) is 5.26 Å². The van der Waals surface area contributed by atoms with Crippen LogP contribution in [-0.4, -0.2) is 24.0 Å². The molecule has 0 heterocycles. The second-order valence-corrected chi connectivity index (χ2v) is 4.39. The molecule has 0 aromatic heterocycles. The van der Waals surface area contributed by atoms with Crippen molar-refractivity contribution in [3.05, 3.63) is 0 Å². The van der Waals surface area contributed by atoms with E-state index in [1.807, 2.05) is 0 Å². The van der Waals surface area contributed by atoms with Gasteiger partial charge in [0, 0.05) is 25.6 Å². The first-order chi connectivity index (χ1) is 6.61. The quantitative estimate of drug-likeness (QED) is 0.626. The summed E-state index contributed by atoms with van der Waals surface area (Å²) in [5, 5.41) is 8.56. The Morgan fingerprint density at radius 2 is 1.93 bits per heavy atom. The monoisotopic (exact) mass is 196 g/mol. The lowest BCUT2D eigenvalue weighted by Crippen LogP contribution is -2.35. The molecule has 82 valence electrons. The predicted octanol–water partition coefficient (Wildman–Crippen LogP) is 3.05. The molecule has 2 heteroatoms. The summed E-state index contributed by atoms with van der Waals surface area (Å²) < 4.78 is 0. The van der Waals surface area contributed by atoms with E-state index in [-0.39, 0.29) is 0 Å².